The van der Waals surface area contributed by atoms with Crippen LogP contribution >= 0.6 is 11.6 Å². The Balaban J connectivity index is -0.0000000910. The van der Waals surface area contributed by atoms with Crippen molar-refractivity contribution in [3.05, 3.63) is 13.3 Å². The standard InChI is InChI=1S/C4H9O.C3H6Cl.U/c1-2-3-4-5;1-3(2)4;/h2,5H,3-4H2,1H3;3H,1H2,2H3;/q2*-1;+2/t;3-;/m.0./s1. The van der Waals surface area contributed by atoms with Gasteiger partial charge in [0.05, 0.1) is 0 Å². The molecule has 60 valence electrons. The zero-order chi connectivity index (χ0) is 7.70. The second kappa shape index (κ2) is 16.7. The van der Waals surface area contributed by atoms with Gasteiger partial charge in [-0.1, -0.05) is 12.3 Å². The molecule has 0 unspecified atom stereocenters. The minimum absolute atomic E-state index is 0. The van der Waals surface area contributed by atoms with Crippen LogP contribution in [0, 0.1) is 44.5 Å². The number of hydrogen-bond donors (Lipinski definition) is 1. The number of aliphatic hydroxyl groups is 1. The fraction of sp³-hybridized carbons (Fsp3) is 0.714. The van der Waals surface area contributed by atoms with E-state index >= 15 is 0 Å². The number of rotatable bonds is 2. The first-order valence-corrected chi connectivity index (χ1v) is 3.44. The summed E-state index contributed by atoms with van der Waals surface area (Å²) in [5.74, 6) is 0. The van der Waals surface area contributed by atoms with Crippen molar-refractivity contribution in [2.75, 3.05) is 6.61 Å². The van der Waals surface area contributed by atoms with Crippen molar-refractivity contribution in [3.63, 3.8) is 0 Å². The maximum Gasteiger partial charge on any atom is 2.00 e. The molecule has 0 radical (unpaired) electrons. The van der Waals surface area contributed by atoms with Gasteiger partial charge in [-0.25, -0.2) is 0 Å². The van der Waals surface area contributed by atoms with E-state index in [0.717, 1.165) is 6.42 Å². The maximum atomic E-state index is 8.04. The van der Waals surface area contributed by atoms with Gasteiger partial charge in [0.1, 0.15) is 0 Å². The molecule has 0 aliphatic rings. The molecule has 10 heavy (non-hydrogen) atoms. The van der Waals surface area contributed by atoms with Gasteiger partial charge >= 0.3 is 31.1 Å². The van der Waals surface area contributed by atoms with Crippen molar-refractivity contribution < 1.29 is 36.2 Å². The molecule has 1 nitrogen and oxygen atoms in total. The average Bonchev–Trinajstić information content (AvgIpc) is 1.66. The third kappa shape index (κ3) is 58.8. The zero-order valence-electron chi connectivity index (χ0n) is 6.60. The summed E-state index contributed by atoms with van der Waals surface area (Å²) in [5.41, 5.74) is 0. The van der Waals surface area contributed by atoms with Gasteiger partial charge in [0.15, 0.2) is 0 Å². The molecule has 0 saturated heterocycles. The van der Waals surface area contributed by atoms with Gasteiger partial charge in [0.2, 0.25) is 0 Å². The van der Waals surface area contributed by atoms with E-state index in [4.69, 9.17) is 16.7 Å². The average molecular weight is 389 g/mol. The molecule has 1 N–H and O–H groups in total. The van der Waals surface area contributed by atoms with E-state index in [-0.39, 0.29) is 43.1 Å². The van der Waals surface area contributed by atoms with Gasteiger partial charge in [-0.2, -0.15) is 24.9 Å². The Kier molecular flexibility index (Phi) is 29.1. The van der Waals surface area contributed by atoms with E-state index in [1.807, 2.05) is 20.3 Å². The molecule has 3 heteroatoms. The van der Waals surface area contributed by atoms with Crippen molar-refractivity contribution in [1.82, 2.24) is 0 Å². The number of aliphatic hydroxyl groups excluding tert-OH is 1. The Morgan fingerprint density at radius 2 is 2.00 bits per heavy atom. The Morgan fingerprint density at radius 3 is 2.00 bits per heavy atom. The summed E-state index contributed by atoms with van der Waals surface area (Å²) in [5, 5.41) is 8.09. The summed E-state index contributed by atoms with van der Waals surface area (Å²) in [6, 6.07) is 0. The van der Waals surface area contributed by atoms with Gasteiger partial charge in [-0.05, 0) is 0 Å². The van der Waals surface area contributed by atoms with Crippen LogP contribution in [0.4, 0.5) is 0 Å². The second-order valence-electron chi connectivity index (χ2n) is 1.70. The minimum Gasteiger partial charge on any atom is -0.399 e. The largest absolute Gasteiger partial charge is 2.00 e. The predicted molar refractivity (Wildman–Crippen MR) is 42.3 cm³/mol. The van der Waals surface area contributed by atoms with Gasteiger partial charge in [0.25, 0.3) is 0 Å². The molecule has 0 spiro atoms. The topological polar surface area (TPSA) is 20.2 Å². The van der Waals surface area contributed by atoms with E-state index in [1.165, 1.54) is 0 Å². The van der Waals surface area contributed by atoms with Crippen LogP contribution in [0.2, 0.25) is 0 Å². The molecule has 0 bridgehead atoms. The zero-order valence-corrected chi connectivity index (χ0v) is 11.5. The number of alkyl halides is 1. The van der Waals surface area contributed by atoms with Crippen LogP contribution in [0.15, 0.2) is 0 Å². The summed E-state index contributed by atoms with van der Waals surface area (Å²) >= 11 is 5.16. The van der Waals surface area contributed by atoms with Crippen LogP contribution in [-0.2, 0) is 0 Å². The summed E-state index contributed by atoms with van der Waals surface area (Å²) in [7, 11) is 0. The molecule has 0 heterocycles. The van der Waals surface area contributed by atoms with E-state index in [1.54, 1.807) is 0 Å². The molecule has 0 amide bonds. The first-order valence-electron chi connectivity index (χ1n) is 3.01. The van der Waals surface area contributed by atoms with Crippen molar-refractivity contribution in [3.8, 4) is 0 Å². The Hall–Kier alpha value is 1.30. The van der Waals surface area contributed by atoms with Gasteiger partial charge in [-0.15, -0.1) is 0 Å². The fourth-order valence-corrected chi connectivity index (χ4v) is 0.129. The summed E-state index contributed by atoms with van der Waals surface area (Å²) in [4.78, 5) is 0. The molecule has 0 aliphatic carbocycles. The smallest absolute Gasteiger partial charge is 0.399 e. The van der Waals surface area contributed by atoms with Crippen LogP contribution in [0.25, 0.3) is 0 Å². The number of hydrogen-bond acceptors (Lipinski definition) is 1. The quantitative estimate of drug-likeness (QED) is 0.567. The van der Waals surface area contributed by atoms with Crippen LogP contribution in [0.1, 0.15) is 20.3 Å². The van der Waals surface area contributed by atoms with Crippen molar-refractivity contribution in [2.24, 2.45) is 0 Å². The summed E-state index contributed by atoms with van der Waals surface area (Å²) in [6.07, 6.45) is 2.75. The third-order valence-electron chi connectivity index (χ3n) is 0.418. The van der Waals surface area contributed by atoms with Gasteiger partial charge in [-0.3, -0.25) is 0 Å². The van der Waals surface area contributed by atoms with Crippen molar-refractivity contribution in [2.45, 2.75) is 25.6 Å². The van der Waals surface area contributed by atoms with Crippen LogP contribution < -0.4 is 0 Å². The van der Waals surface area contributed by atoms with Gasteiger partial charge in [0, 0.05) is 6.61 Å². The van der Waals surface area contributed by atoms with Crippen LogP contribution in [-0.4, -0.2) is 17.1 Å². The molecule has 0 aromatic rings. The Labute approximate surface area is 92.9 Å². The molecule has 0 fully saturated rings. The van der Waals surface area contributed by atoms with E-state index in [0.29, 0.717) is 0 Å². The number of halogens is 1. The second-order valence-corrected chi connectivity index (χ2v) is 2.45. The van der Waals surface area contributed by atoms with Crippen LogP contribution in [0.3, 0.4) is 0 Å². The molecular formula is C7H15ClOU. The van der Waals surface area contributed by atoms with E-state index < -0.39 is 0 Å². The molecule has 0 aliphatic heterocycles. The van der Waals surface area contributed by atoms with Crippen molar-refractivity contribution in [1.29, 1.82) is 0 Å². The predicted octanol–water partition coefficient (Wildman–Crippen LogP) is 2.04. The van der Waals surface area contributed by atoms with Crippen molar-refractivity contribution >= 4 is 11.6 Å². The first kappa shape index (κ1) is 17.4. The molecule has 1 atom stereocenters. The van der Waals surface area contributed by atoms with E-state index in [2.05, 4.69) is 6.92 Å². The maximum absolute atomic E-state index is 8.04. The summed E-state index contributed by atoms with van der Waals surface area (Å²) < 4.78 is 0. The normalized spacial score (nSPS) is 10.5. The number of unbranched alkanes of at least 4 members (excludes halogenated alkanes) is 1. The Bertz CT molecular complexity index is 37.8. The SMILES string of the molecule is C[CH-]CCO.[CH2-][C@@H](C)Cl.[U+2]. The fourth-order valence-electron chi connectivity index (χ4n) is 0.129. The molecule has 0 rings (SSSR count). The summed E-state index contributed by atoms with van der Waals surface area (Å²) in [6.45, 7) is 7.44. The molecular weight excluding hydrogens is 374 g/mol. The van der Waals surface area contributed by atoms with Gasteiger partial charge < -0.3 is 18.5 Å². The van der Waals surface area contributed by atoms with Crippen LogP contribution in [0.5, 0.6) is 0 Å². The third-order valence-corrected chi connectivity index (χ3v) is 0.418. The first-order chi connectivity index (χ1) is 4.15. The minimum atomic E-state index is 0. The molecule has 0 aromatic heterocycles. The van der Waals surface area contributed by atoms with E-state index in [9.17, 15) is 0 Å². The molecule has 0 aromatic carbocycles. The Morgan fingerprint density at radius 1 is 1.70 bits per heavy atom. The monoisotopic (exact) mass is 388 g/mol. The molecule has 0 saturated carbocycles.